The lowest BCUT2D eigenvalue weighted by Crippen LogP contribution is -2.34. The van der Waals surface area contributed by atoms with Gasteiger partial charge in [-0.25, -0.2) is 9.18 Å². The van der Waals surface area contributed by atoms with Crippen LogP contribution in [0.4, 0.5) is 13.6 Å². The van der Waals surface area contributed by atoms with Crippen molar-refractivity contribution in [2.75, 3.05) is 6.67 Å². The third-order valence-electron chi connectivity index (χ3n) is 6.31. The van der Waals surface area contributed by atoms with Gasteiger partial charge >= 0.3 is 12.1 Å². The maximum atomic E-state index is 15.9. The van der Waals surface area contributed by atoms with Gasteiger partial charge in [-0.15, -0.1) is 0 Å². The number of aryl methyl sites for hydroxylation is 1. The Morgan fingerprint density at radius 1 is 0.884 bits per heavy atom. The second kappa shape index (κ2) is 14.5. The summed E-state index contributed by atoms with van der Waals surface area (Å²) in [4.78, 5) is 24.8. The zero-order valence-electron chi connectivity index (χ0n) is 26.2. The summed E-state index contributed by atoms with van der Waals surface area (Å²) in [6.07, 6.45) is 0.235. The van der Waals surface area contributed by atoms with Crippen molar-refractivity contribution in [1.82, 2.24) is 5.32 Å². The number of benzene rings is 3. The molecule has 0 fully saturated rings. The molecule has 3 rings (SSSR count). The van der Waals surface area contributed by atoms with Crippen LogP contribution in [0.5, 0.6) is 5.75 Å². The Kier molecular flexibility index (Phi) is 11.3. The van der Waals surface area contributed by atoms with Gasteiger partial charge in [0.1, 0.15) is 29.4 Å². The van der Waals surface area contributed by atoms with Crippen LogP contribution in [0.25, 0.3) is 11.1 Å². The number of halogens is 2. The summed E-state index contributed by atoms with van der Waals surface area (Å²) in [7, 11) is 0. The maximum Gasteiger partial charge on any atom is 0.408 e. The average molecular weight is 596 g/mol. The second-order valence-electron chi connectivity index (χ2n) is 12.6. The molecule has 232 valence electrons. The van der Waals surface area contributed by atoms with E-state index in [1.807, 2.05) is 57.2 Å². The molecule has 0 saturated carbocycles. The number of carbonyl (C=O) groups excluding carboxylic acids is 2. The Labute approximate surface area is 253 Å². The zero-order valence-corrected chi connectivity index (χ0v) is 26.2. The molecule has 1 N–H and O–H groups in total. The fourth-order valence-electron chi connectivity index (χ4n) is 4.57. The molecular weight excluding hydrogens is 552 g/mol. The Bertz CT molecular complexity index is 1410. The van der Waals surface area contributed by atoms with E-state index in [2.05, 4.69) is 5.32 Å². The van der Waals surface area contributed by atoms with Gasteiger partial charge < -0.3 is 19.5 Å². The summed E-state index contributed by atoms with van der Waals surface area (Å²) < 4.78 is 45.9. The van der Waals surface area contributed by atoms with Crippen LogP contribution in [-0.4, -0.2) is 29.9 Å². The monoisotopic (exact) mass is 595 g/mol. The minimum Gasteiger partial charge on any atom is -0.489 e. The van der Waals surface area contributed by atoms with Crippen molar-refractivity contribution in [1.29, 1.82) is 0 Å². The Morgan fingerprint density at radius 3 is 2.23 bits per heavy atom. The molecule has 0 aliphatic rings. The summed E-state index contributed by atoms with van der Waals surface area (Å²) in [5, 5.41) is 2.70. The number of hydrogen-bond donors (Lipinski definition) is 1. The largest absolute Gasteiger partial charge is 0.489 e. The van der Waals surface area contributed by atoms with Gasteiger partial charge in [-0.3, -0.25) is 9.18 Å². The van der Waals surface area contributed by atoms with Crippen molar-refractivity contribution in [3.63, 3.8) is 0 Å². The molecule has 1 amide bonds. The number of hydrogen-bond acceptors (Lipinski definition) is 5. The normalized spacial score (nSPS) is 12.4. The van der Waals surface area contributed by atoms with Gasteiger partial charge in [-0.05, 0) is 90.1 Å². The summed E-state index contributed by atoms with van der Waals surface area (Å²) in [5.74, 6) is -0.285. The molecule has 0 unspecified atom stereocenters. The molecule has 0 spiro atoms. The Hall–Kier alpha value is -3.94. The van der Waals surface area contributed by atoms with E-state index in [-0.39, 0.29) is 19.0 Å². The van der Waals surface area contributed by atoms with E-state index in [0.29, 0.717) is 40.8 Å². The van der Waals surface area contributed by atoms with Gasteiger partial charge in [0.05, 0.1) is 19.1 Å². The number of nitrogens with one attached hydrogen (secondary N) is 1. The van der Waals surface area contributed by atoms with Gasteiger partial charge in [0, 0.05) is 16.7 Å². The molecular formula is C35H43F2NO5. The van der Waals surface area contributed by atoms with Gasteiger partial charge in [0.25, 0.3) is 0 Å². The highest BCUT2D eigenvalue weighted by molar-refractivity contribution is 5.74. The zero-order chi connectivity index (χ0) is 31.8. The number of ether oxygens (including phenoxy) is 3. The molecule has 0 aromatic heterocycles. The molecule has 0 heterocycles. The van der Waals surface area contributed by atoms with E-state index in [4.69, 9.17) is 14.2 Å². The third-order valence-corrected chi connectivity index (χ3v) is 6.31. The van der Waals surface area contributed by atoms with E-state index in [1.165, 1.54) is 0 Å². The Balaban J connectivity index is 1.88. The van der Waals surface area contributed by atoms with E-state index in [1.54, 1.807) is 52.0 Å². The lowest BCUT2D eigenvalue weighted by atomic mass is 9.95. The molecule has 0 aliphatic carbocycles. The summed E-state index contributed by atoms with van der Waals surface area (Å²) >= 11 is 0. The number of esters is 1. The number of amides is 1. The standard InChI is InChI=1S/C35H43F2NO5/c1-23(38-33(40)43-35(5,6)7)28-14-10-15-29(32(28)37)27-19-24(12-11-17-36)18-25(20-27)22-41-30-16-9-8-13-26(30)21-31(39)42-34(2,3)4/h8-10,13-16,18-20,23H,11-12,17,21-22H2,1-7H3,(H,38,40)/t23-/m1/s1. The number of alkyl halides is 1. The maximum absolute atomic E-state index is 15.9. The molecule has 0 aliphatic heterocycles. The SMILES string of the molecule is C[C@@H](NC(=O)OC(C)(C)C)c1cccc(-c2cc(CCCF)cc(COc3ccccc3CC(=O)OC(C)(C)C)c2)c1F. The van der Waals surface area contributed by atoms with Gasteiger partial charge in [0.2, 0.25) is 0 Å². The average Bonchev–Trinajstić information content (AvgIpc) is 2.89. The number of carbonyl (C=O) groups is 2. The van der Waals surface area contributed by atoms with E-state index >= 15 is 4.39 Å². The predicted octanol–water partition coefficient (Wildman–Crippen LogP) is 8.44. The summed E-state index contributed by atoms with van der Waals surface area (Å²) in [5.41, 5.74) is 2.30. The van der Waals surface area contributed by atoms with Crippen molar-refractivity contribution < 1.29 is 32.6 Å². The van der Waals surface area contributed by atoms with Gasteiger partial charge in [-0.1, -0.05) is 48.5 Å². The number of alkyl carbamates (subject to hydrolysis) is 1. The van der Waals surface area contributed by atoms with Gasteiger partial charge in [-0.2, -0.15) is 0 Å². The van der Waals surface area contributed by atoms with E-state index < -0.39 is 35.8 Å². The number of para-hydroxylation sites is 1. The molecule has 43 heavy (non-hydrogen) atoms. The molecule has 8 heteroatoms. The first-order chi connectivity index (χ1) is 20.1. The van der Waals surface area contributed by atoms with Crippen LogP contribution in [0.3, 0.4) is 0 Å². The minimum atomic E-state index is -0.682. The fraction of sp³-hybridized carbons (Fsp3) is 0.429. The van der Waals surface area contributed by atoms with Crippen molar-refractivity contribution >= 4 is 12.1 Å². The lowest BCUT2D eigenvalue weighted by molar-refractivity contribution is -0.153. The van der Waals surface area contributed by atoms with Crippen molar-refractivity contribution in [3.05, 3.63) is 88.7 Å². The molecule has 0 saturated heterocycles. The highest BCUT2D eigenvalue weighted by Crippen LogP contribution is 2.31. The van der Waals surface area contributed by atoms with Gasteiger partial charge in [0.15, 0.2) is 0 Å². The van der Waals surface area contributed by atoms with Crippen LogP contribution in [-0.2, 0) is 33.7 Å². The third kappa shape index (κ3) is 10.7. The fourth-order valence-corrected chi connectivity index (χ4v) is 4.57. The van der Waals surface area contributed by atoms with E-state index in [0.717, 1.165) is 11.1 Å². The Morgan fingerprint density at radius 2 is 1.56 bits per heavy atom. The smallest absolute Gasteiger partial charge is 0.408 e. The summed E-state index contributed by atoms with van der Waals surface area (Å²) in [6, 6.07) is 17.3. The van der Waals surface area contributed by atoms with Crippen molar-refractivity contribution in [3.8, 4) is 16.9 Å². The molecule has 3 aromatic carbocycles. The molecule has 6 nitrogen and oxygen atoms in total. The second-order valence-corrected chi connectivity index (χ2v) is 12.6. The first-order valence-electron chi connectivity index (χ1n) is 14.5. The number of rotatable bonds is 11. The topological polar surface area (TPSA) is 73.9 Å². The van der Waals surface area contributed by atoms with E-state index in [9.17, 15) is 14.0 Å². The first kappa shape index (κ1) is 33.6. The quantitative estimate of drug-likeness (QED) is 0.225. The molecule has 0 radical (unpaired) electrons. The molecule has 0 bridgehead atoms. The molecule has 1 atom stereocenters. The predicted molar refractivity (Wildman–Crippen MR) is 164 cm³/mol. The van der Waals surface area contributed by atoms with Crippen molar-refractivity contribution in [2.24, 2.45) is 0 Å². The molecule has 3 aromatic rings. The van der Waals surface area contributed by atoms with Crippen LogP contribution in [0.15, 0.2) is 60.7 Å². The highest BCUT2D eigenvalue weighted by atomic mass is 19.1. The van der Waals surface area contributed by atoms with Crippen LogP contribution < -0.4 is 10.1 Å². The highest BCUT2D eigenvalue weighted by Gasteiger charge is 2.22. The lowest BCUT2D eigenvalue weighted by Gasteiger charge is -2.22. The summed E-state index contributed by atoms with van der Waals surface area (Å²) in [6.45, 7) is 12.1. The van der Waals surface area contributed by atoms with Crippen LogP contribution in [0.2, 0.25) is 0 Å². The van der Waals surface area contributed by atoms with Crippen LogP contribution in [0, 0.1) is 5.82 Å². The minimum absolute atomic E-state index is 0.0583. The van der Waals surface area contributed by atoms with Crippen LogP contribution >= 0.6 is 0 Å². The van der Waals surface area contributed by atoms with Crippen molar-refractivity contribution in [2.45, 2.75) is 91.6 Å². The van der Waals surface area contributed by atoms with Crippen LogP contribution in [0.1, 0.15) is 83.2 Å². The first-order valence-corrected chi connectivity index (χ1v) is 14.5.